The van der Waals surface area contributed by atoms with Crippen LogP contribution < -0.4 is 13.8 Å². The van der Waals surface area contributed by atoms with Crippen LogP contribution in [0, 0.1) is 0 Å². The van der Waals surface area contributed by atoms with Crippen LogP contribution in [0.25, 0.3) is 0 Å². The molecule has 1 saturated heterocycles. The number of sulfonamides is 1. The molecule has 0 radical (unpaired) electrons. The van der Waals surface area contributed by atoms with E-state index in [2.05, 4.69) is 0 Å². The van der Waals surface area contributed by atoms with Crippen LogP contribution in [-0.4, -0.2) is 47.1 Å². The van der Waals surface area contributed by atoms with E-state index in [0.717, 1.165) is 6.61 Å². The van der Waals surface area contributed by atoms with E-state index in [1.165, 1.54) is 10.6 Å². The van der Waals surface area contributed by atoms with E-state index in [9.17, 15) is 8.42 Å². The van der Waals surface area contributed by atoms with Gasteiger partial charge >= 0.3 is 0 Å². The lowest BCUT2D eigenvalue weighted by Crippen LogP contribution is -2.30. The largest absolute Gasteiger partial charge is 0.491 e. The third-order valence-electron chi connectivity index (χ3n) is 3.20. The maximum atomic E-state index is 11.9. The zero-order valence-corrected chi connectivity index (χ0v) is 12.1. The lowest BCUT2D eigenvalue weighted by molar-refractivity contribution is 0.262. The van der Waals surface area contributed by atoms with Gasteiger partial charge in [0.05, 0.1) is 25.2 Å². The summed E-state index contributed by atoms with van der Waals surface area (Å²) in [4.78, 5) is 0. The fourth-order valence-electron chi connectivity index (χ4n) is 2.11. The second-order valence-electron chi connectivity index (χ2n) is 4.93. The number of hydrogen-bond donors (Lipinski definition) is 0. The predicted octanol–water partition coefficient (Wildman–Crippen LogP) is 1.01. The molecule has 0 spiro atoms. The molecule has 2 heterocycles. The first-order valence-electron chi connectivity index (χ1n) is 6.53. The lowest BCUT2D eigenvalue weighted by atomic mass is 10.2. The van der Waals surface area contributed by atoms with Gasteiger partial charge in [0.2, 0.25) is 10.0 Å². The highest BCUT2D eigenvalue weighted by Gasteiger charge is 2.26. The van der Waals surface area contributed by atoms with E-state index in [1.807, 2.05) is 0 Å². The van der Waals surface area contributed by atoms with Gasteiger partial charge in [-0.1, -0.05) is 0 Å². The topological polar surface area (TPSA) is 68.4 Å². The summed E-state index contributed by atoms with van der Waals surface area (Å²) in [5.74, 6) is 1.20. The molecule has 1 aromatic rings. The van der Waals surface area contributed by atoms with E-state index < -0.39 is 10.0 Å². The quantitative estimate of drug-likeness (QED) is 0.776. The molecule has 20 heavy (non-hydrogen) atoms. The number of hydrogen-bond acceptors (Lipinski definition) is 5. The molecule has 1 atom stereocenters. The molecule has 0 amide bonds. The van der Waals surface area contributed by atoms with Gasteiger partial charge < -0.3 is 14.2 Å². The highest BCUT2D eigenvalue weighted by atomic mass is 32.2. The van der Waals surface area contributed by atoms with Gasteiger partial charge in [0, 0.05) is 19.0 Å². The third kappa shape index (κ3) is 2.99. The van der Waals surface area contributed by atoms with Gasteiger partial charge in [-0.25, -0.2) is 8.42 Å². The summed E-state index contributed by atoms with van der Waals surface area (Å²) in [5, 5.41) is 0. The molecular weight excluding hydrogens is 282 g/mol. The number of rotatable bonds is 4. The van der Waals surface area contributed by atoms with Crippen LogP contribution in [0.4, 0.5) is 5.69 Å². The molecule has 0 saturated carbocycles. The van der Waals surface area contributed by atoms with Crippen molar-refractivity contribution < 1.29 is 22.6 Å². The Kier molecular flexibility index (Phi) is 3.47. The Hall–Kier alpha value is -1.47. The normalized spacial score (nSPS) is 21.6. The van der Waals surface area contributed by atoms with Crippen LogP contribution >= 0.6 is 0 Å². The Morgan fingerprint density at radius 3 is 2.95 bits per heavy atom. The van der Waals surface area contributed by atoms with Crippen molar-refractivity contribution in [3.8, 4) is 11.5 Å². The number of ether oxygens (including phenoxy) is 3. The van der Waals surface area contributed by atoms with Crippen molar-refractivity contribution in [2.75, 3.05) is 36.9 Å². The summed E-state index contributed by atoms with van der Waals surface area (Å²) in [6.45, 7) is 2.14. The minimum Gasteiger partial charge on any atom is -0.491 e. The summed E-state index contributed by atoms with van der Waals surface area (Å²) in [7, 11) is -3.33. The van der Waals surface area contributed by atoms with Gasteiger partial charge in [-0.3, -0.25) is 4.31 Å². The summed E-state index contributed by atoms with van der Waals surface area (Å²) in [6, 6.07) is 5.25. The molecule has 2 aliphatic rings. The molecule has 1 aromatic carbocycles. The zero-order valence-electron chi connectivity index (χ0n) is 11.2. The van der Waals surface area contributed by atoms with Crippen LogP contribution in [0.5, 0.6) is 11.5 Å². The number of fused-ring (bicyclic) bond motifs is 1. The molecule has 3 rings (SSSR count). The van der Waals surface area contributed by atoms with E-state index >= 15 is 0 Å². The maximum Gasteiger partial charge on any atom is 0.232 e. The summed E-state index contributed by atoms with van der Waals surface area (Å²) < 4.78 is 41.4. The monoisotopic (exact) mass is 299 g/mol. The Labute approximate surface area is 118 Å². The SMILES string of the molecule is CS(=O)(=O)N1CCCOc2ccc(OC[C@@H]3CO3)cc21. The molecule has 1 fully saturated rings. The van der Waals surface area contributed by atoms with Crippen molar-refractivity contribution in [3.05, 3.63) is 18.2 Å². The first-order chi connectivity index (χ1) is 9.54. The van der Waals surface area contributed by atoms with E-state index in [-0.39, 0.29) is 6.10 Å². The van der Waals surface area contributed by atoms with Crippen molar-refractivity contribution in [2.45, 2.75) is 12.5 Å². The molecule has 0 N–H and O–H groups in total. The predicted molar refractivity (Wildman–Crippen MR) is 74.0 cm³/mol. The van der Waals surface area contributed by atoms with Gasteiger partial charge in [0.15, 0.2) is 0 Å². The molecule has 2 aliphatic heterocycles. The van der Waals surface area contributed by atoms with Gasteiger partial charge in [0.25, 0.3) is 0 Å². The second kappa shape index (κ2) is 5.14. The number of epoxide rings is 1. The smallest absolute Gasteiger partial charge is 0.232 e. The maximum absolute atomic E-state index is 11.9. The molecule has 0 unspecified atom stereocenters. The van der Waals surface area contributed by atoms with Crippen LogP contribution in [0.2, 0.25) is 0 Å². The average molecular weight is 299 g/mol. The van der Waals surface area contributed by atoms with Crippen LogP contribution in [-0.2, 0) is 14.8 Å². The van der Waals surface area contributed by atoms with Crippen molar-refractivity contribution >= 4 is 15.7 Å². The van der Waals surface area contributed by atoms with Gasteiger partial charge in [0.1, 0.15) is 24.2 Å². The zero-order chi connectivity index (χ0) is 14.2. The van der Waals surface area contributed by atoms with E-state index in [0.29, 0.717) is 43.4 Å². The molecule has 0 bridgehead atoms. The Bertz CT molecular complexity index is 597. The van der Waals surface area contributed by atoms with Crippen LogP contribution in [0.3, 0.4) is 0 Å². The van der Waals surface area contributed by atoms with Gasteiger partial charge in [-0.15, -0.1) is 0 Å². The van der Waals surface area contributed by atoms with Gasteiger partial charge in [-0.2, -0.15) is 0 Å². The first kappa shape index (κ1) is 13.5. The summed E-state index contributed by atoms with van der Waals surface area (Å²) >= 11 is 0. The molecular formula is C13H17NO5S. The molecule has 0 aromatic heterocycles. The van der Waals surface area contributed by atoms with Crippen LogP contribution in [0.15, 0.2) is 18.2 Å². The number of nitrogens with zero attached hydrogens (tertiary/aromatic N) is 1. The third-order valence-corrected chi connectivity index (χ3v) is 4.38. The van der Waals surface area contributed by atoms with Crippen LogP contribution in [0.1, 0.15) is 6.42 Å². The van der Waals surface area contributed by atoms with E-state index in [1.54, 1.807) is 18.2 Å². The molecule has 7 heteroatoms. The van der Waals surface area contributed by atoms with Gasteiger partial charge in [-0.05, 0) is 12.1 Å². The summed E-state index contributed by atoms with van der Waals surface area (Å²) in [6.07, 6.45) is 2.03. The Morgan fingerprint density at radius 1 is 1.45 bits per heavy atom. The van der Waals surface area contributed by atoms with Crippen molar-refractivity contribution in [1.29, 1.82) is 0 Å². The van der Waals surface area contributed by atoms with Crippen molar-refractivity contribution in [3.63, 3.8) is 0 Å². The second-order valence-corrected chi connectivity index (χ2v) is 6.84. The fourth-order valence-corrected chi connectivity index (χ4v) is 3.07. The molecule has 0 aliphatic carbocycles. The van der Waals surface area contributed by atoms with E-state index in [4.69, 9.17) is 14.2 Å². The summed E-state index contributed by atoms with van der Waals surface area (Å²) in [5.41, 5.74) is 0.541. The average Bonchev–Trinajstić information content (AvgIpc) is 3.21. The Morgan fingerprint density at radius 2 is 2.25 bits per heavy atom. The number of anilines is 1. The highest BCUT2D eigenvalue weighted by molar-refractivity contribution is 7.92. The standard InChI is InChI=1S/C13H17NO5S/c1-20(15,16)14-5-2-6-17-13-4-3-10(7-12(13)14)18-8-11-9-19-11/h3-4,7,11H,2,5-6,8-9H2,1H3/t11-/m1/s1. The molecule has 110 valence electrons. The van der Waals surface area contributed by atoms with Crippen molar-refractivity contribution in [1.82, 2.24) is 0 Å². The minimum absolute atomic E-state index is 0.163. The Balaban J connectivity index is 1.89. The first-order valence-corrected chi connectivity index (χ1v) is 8.38. The highest BCUT2D eigenvalue weighted by Crippen LogP contribution is 2.36. The fraction of sp³-hybridized carbons (Fsp3) is 0.538. The van der Waals surface area contributed by atoms with Crippen molar-refractivity contribution in [2.24, 2.45) is 0 Å². The minimum atomic E-state index is -3.33. The molecule has 6 nitrogen and oxygen atoms in total. The lowest BCUT2D eigenvalue weighted by Gasteiger charge is -2.21. The number of benzene rings is 1.